The third-order valence-corrected chi connectivity index (χ3v) is 15.8. The molecule has 13 atom stereocenters. The lowest BCUT2D eigenvalue weighted by atomic mass is 9.96. The topological polar surface area (TPSA) is 584 Å². The highest BCUT2D eigenvalue weighted by atomic mass is 16.4. The smallest absolute Gasteiger partial charge is 0.325 e. The SMILES string of the molecule is CC[C@H](C)[C@@H](NC(=O)[C@@H](NC(=O)[C@H](CCC(=O)O)NC(=O)[C@H](Cc1ccccc1)NC(=O)[C@@H](CCN)NC(=O)[C@H](CN)NC(=O)[C@H](CO)NC(=O)[C@@H](Cc1c[nH]c2ccccc12)NC(=O)[C@@H](CO)NC(=O)CNC(=O)[C@@H](CCN)NC(=O)[C@H](N)C(C)C)C(C)C)C(=O)N[C@@H](C)C(=O)O. The number of benzene rings is 2. The van der Waals surface area contributed by atoms with E-state index in [1.54, 1.807) is 102 Å². The third kappa shape index (κ3) is 26.4. The Balaban J connectivity index is 1.85. The van der Waals surface area contributed by atoms with Crippen LogP contribution >= 0.6 is 0 Å². The zero-order valence-corrected chi connectivity index (χ0v) is 55.9. The van der Waals surface area contributed by atoms with Crippen molar-refractivity contribution in [3.05, 3.63) is 71.9 Å². The molecule has 0 aliphatic carbocycles. The number of aromatic amines is 1. The summed E-state index contributed by atoms with van der Waals surface area (Å²) >= 11 is 0. The van der Waals surface area contributed by atoms with Gasteiger partial charge in [-0.2, -0.15) is 0 Å². The predicted octanol–water partition coefficient (Wildman–Crippen LogP) is -6.30. The first-order valence-corrected chi connectivity index (χ1v) is 32.1. The number of carboxylic acid groups (broad SMARTS) is 2. The van der Waals surface area contributed by atoms with Gasteiger partial charge in [-0.15, -0.1) is 0 Å². The minimum atomic E-state index is -1.87. The molecule has 0 unspecified atom stereocenters. The van der Waals surface area contributed by atoms with E-state index in [9.17, 15) is 87.5 Å². The maximum atomic E-state index is 14.4. The summed E-state index contributed by atoms with van der Waals surface area (Å²) in [6.45, 7) is 7.28. The van der Waals surface area contributed by atoms with Crippen LogP contribution in [-0.4, -0.2) is 220 Å². The van der Waals surface area contributed by atoms with Crippen molar-refractivity contribution in [2.45, 2.75) is 166 Å². The van der Waals surface area contributed by atoms with Crippen LogP contribution in [0.4, 0.5) is 0 Å². The van der Waals surface area contributed by atoms with Crippen LogP contribution in [0.3, 0.4) is 0 Å². The number of H-pyrrole nitrogens is 1. The molecule has 1 aromatic heterocycles. The fourth-order valence-electron chi connectivity index (χ4n) is 9.66. The number of amides is 12. The third-order valence-electron chi connectivity index (χ3n) is 15.8. The molecule has 0 bridgehead atoms. The molecular formula is C63H97N17O18. The molecule has 0 saturated heterocycles. The number of aliphatic carboxylic acids is 2. The average molecular weight is 1380 g/mol. The minimum Gasteiger partial charge on any atom is -0.481 e. The van der Waals surface area contributed by atoms with E-state index in [4.69, 9.17) is 22.9 Å². The summed E-state index contributed by atoms with van der Waals surface area (Å²) in [4.78, 5) is 191. The largest absolute Gasteiger partial charge is 0.481 e. The lowest BCUT2D eigenvalue weighted by Gasteiger charge is -2.30. The highest BCUT2D eigenvalue weighted by Gasteiger charge is 2.38. The minimum absolute atomic E-state index is 0.0245. The first kappa shape index (κ1) is 82.6. The van der Waals surface area contributed by atoms with Gasteiger partial charge in [0, 0.05) is 42.9 Å². The van der Waals surface area contributed by atoms with Crippen LogP contribution in [0.2, 0.25) is 0 Å². The van der Waals surface area contributed by atoms with E-state index in [0.717, 1.165) is 0 Å². The summed E-state index contributed by atoms with van der Waals surface area (Å²) in [5.74, 6) is -15.9. The number of carboxylic acids is 2. The summed E-state index contributed by atoms with van der Waals surface area (Å²) < 4.78 is 0. The van der Waals surface area contributed by atoms with Crippen molar-refractivity contribution < 1.29 is 87.5 Å². The number of aromatic nitrogens is 1. The van der Waals surface area contributed by atoms with Crippen molar-refractivity contribution in [2.75, 3.05) is 39.4 Å². The molecule has 542 valence electrons. The number of fused-ring (bicyclic) bond motifs is 1. The van der Waals surface area contributed by atoms with Gasteiger partial charge in [-0.05, 0) is 74.2 Å². The van der Waals surface area contributed by atoms with Gasteiger partial charge < -0.3 is 112 Å². The van der Waals surface area contributed by atoms with Crippen LogP contribution in [-0.2, 0) is 80.0 Å². The molecule has 0 aliphatic heterocycles. The summed E-state index contributed by atoms with van der Waals surface area (Å²) in [6.07, 6.45) is -0.193. The van der Waals surface area contributed by atoms with Crippen molar-refractivity contribution in [2.24, 2.45) is 40.7 Å². The van der Waals surface area contributed by atoms with Crippen LogP contribution in [0.5, 0.6) is 0 Å². The van der Waals surface area contributed by atoms with Gasteiger partial charge in [0.2, 0.25) is 70.9 Å². The van der Waals surface area contributed by atoms with Crippen LogP contribution in [0.1, 0.15) is 91.7 Å². The van der Waals surface area contributed by atoms with E-state index in [2.05, 4.69) is 68.8 Å². The van der Waals surface area contributed by atoms with Gasteiger partial charge in [-0.3, -0.25) is 67.1 Å². The number of carbonyl (C=O) groups excluding carboxylic acids is 12. The fraction of sp³-hybridized carbons (Fsp3) is 0.556. The number of carbonyl (C=O) groups is 14. The molecule has 0 radical (unpaired) electrons. The molecule has 1 heterocycles. The van der Waals surface area contributed by atoms with Crippen LogP contribution in [0.25, 0.3) is 10.9 Å². The summed E-state index contributed by atoms with van der Waals surface area (Å²) in [6, 6.07) is -2.86. The van der Waals surface area contributed by atoms with Crippen LogP contribution in [0, 0.1) is 17.8 Å². The molecule has 0 fully saturated rings. The maximum Gasteiger partial charge on any atom is 0.325 e. The lowest BCUT2D eigenvalue weighted by Crippen LogP contribution is -2.62. The Morgan fingerprint density at radius 2 is 0.918 bits per heavy atom. The van der Waals surface area contributed by atoms with Crippen molar-refractivity contribution in [3.8, 4) is 0 Å². The molecule has 12 amide bonds. The lowest BCUT2D eigenvalue weighted by molar-refractivity contribution is -0.142. The number of nitrogens with two attached hydrogens (primary N) is 4. The van der Waals surface area contributed by atoms with Gasteiger partial charge in [0.1, 0.15) is 66.5 Å². The second-order valence-electron chi connectivity index (χ2n) is 24.1. The highest BCUT2D eigenvalue weighted by molar-refractivity contribution is 6.00. The van der Waals surface area contributed by atoms with Gasteiger partial charge in [-0.1, -0.05) is 96.5 Å². The zero-order chi connectivity index (χ0) is 73.5. The van der Waals surface area contributed by atoms with Crippen LogP contribution < -0.4 is 86.7 Å². The van der Waals surface area contributed by atoms with E-state index in [1.165, 1.54) is 6.92 Å². The molecule has 3 rings (SSSR count). The molecule has 25 N–H and O–H groups in total. The standard InChI is InChI=1S/C63H97N17O18/c1-8-33(6)51(62(96)70-34(7)63(97)98)80-61(95)50(32(4)5)79-54(88)39(18-19-48(84)85)72-55(89)42(24-35-14-10-9-11-15-35)75-53(87)41(21-23-65)73-57(91)44(26-66)77-59(93)46(30-82)78-56(90)43(25-36-27-68-38-17-13-12-16-37(36)38)76-58(92)45(29-81)71-47(83)28-69-52(86)40(20-22-64)74-60(94)49(67)31(2)3/h9-17,27,31-34,39-46,49-51,68,81-82H,8,18-26,28-30,64-67H2,1-7H3,(H,69,86)(H,70,96)(H,71,83)(H,72,89)(H,73,91)(H,74,94)(H,75,87)(H,76,92)(H,77,93)(H,78,90)(H,79,88)(H,80,95)(H,84,85)(H,97,98)/t33-,34-,39-,40+,41+,42-,43+,44-,45+,46-,49+,50-,51+/m0/s1. The fourth-order valence-corrected chi connectivity index (χ4v) is 9.66. The first-order valence-electron chi connectivity index (χ1n) is 32.1. The normalized spacial score (nSPS) is 15.2. The van der Waals surface area contributed by atoms with E-state index in [1.807, 2.05) is 0 Å². The Hall–Kier alpha value is -9.68. The van der Waals surface area contributed by atoms with Gasteiger partial charge in [0.15, 0.2) is 0 Å². The maximum absolute atomic E-state index is 14.4. The average Bonchev–Trinajstić information content (AvgIpc) is 1.62. The molecular weight excluding hydrogens is 1280 g/mol. The first-order chi connectivity index (χ1) is 46.3. The number of aliphatic hydroxyl groups excluding tert-OH is 2. The highest BCUT2D eigenvalue weighted by Crippen LogP contribution is 2.20. The number of para-hydroxylation sites is 1. The van der Waals surface area contributed by atoms with E-state index >= 15 is 0 Å². The molecule has 0 spiro atoms. The van der Waals surface area contributed by atoms with Gasteiger partial charge in [-0.25, -0.2) is 0 Å². The number of hydrogen-bond donors (Lipinski definition) is 21. The van der Waals surface area contributed by atoms with Crippen molar-refractivity contribution in [3.63, 3.8) is 0 Å². The predicted molar refractivity (Wildman–Crippen MR) is 354 cm³/mol. The Morgan fingerprint density at radius 3 is 1.45 bits per heavy atom. The summed E-state index contributed by atoms with van der Waals surface area (Å²) in [5, 5.41) is 69.5. The van der Waals surface area contributed by atoms with E-state index in [0.29, 0.717) is 28.5 Å². The van der Waals surface area contributed by atoms with Crippen molar-refractivity contribution >= 4 is 93.7 Å². The molecule has 2 aromatic carbocycles. The van der Waals surface area contributed by atoms with Crippen molar-refractivity contribution in [1.82, 2.24) is 68.8 Å². The van der Waals surface area contributed by atoms with Gasteiger partial charge in [0.25, 0.3) is 0 Å². The Kier molecular flexibility index (Phi) is 34.9. The second kappa shape index (κ2) is 41.4. The van der Waals surface area contributed by atoms with Crippen molar-refractivity contribution in [1.29, 1.82) is 0 Å². The number of nitrogens with one attached hydrogen (secondary N) is 13. The molecule has 35 nitrogen and oxygen atoms in total. The number of hydrogen-bond acceptors (Lipinski definition) is 20. The van der Waals surface area contributed by atoms with E-state index < -0.39 is 206 Å². The van der Waals surface area contributed by atoms with E-state index in [-0.39, 0.29) is 44.7 Å². The Bertz CT molecular complexity index is 3220. The monoisotopic (exact) mass is 1380 g/mol. The van der Waals surface area contributed by atoms with Gasteiger partial charge in [0.05, 0.1) is 25.8 Å². The molecule has 0 saturated carbocycles. The molecule has 0 aliphatic rings. The zero-order valence-electron chi connectivity index (χ0n) is 55.9. The quantitative estimate of drug-likeness (QED) is 0.0251. The second-order valence-corrected chi connectivity index (χ2v) is 24.1. The summed E-state index contributed by atoms with van der Waals surface area (Å²) in [7, 11) is 0. The van der Waals surface area contributed by atoms with Gasteiger partial charge >= 0.3 is 11.9 Å². The number of rotatable bonds is 43. The summed E-state index contributed by atoms with van der Waals surface area (Å²) in [5.41, 5.74) is 25.0. The molecule has 98 heavy (non-hydrogen) atoms. The molecule has 35 heteroatoms. The molecule has 3 aromatic rings. The Labute approximate surface area is 566 Å². The van der Waals surface area contributed by atoms with Crippen LogP contribution in [0.15, 0.2) is 60.8 Å². The Morgan fingerprint density at radius 1 is 0.469 bits per heavy atom. The number of aliphatic hydroxyl groups is 2.